The molecule has 1 aliphatic heterocycles. The van der Waals surface area contributed by atoms with Crippen LogP contribution in [-0.4, -0.2) is 22.6 Å². The number of pyridine rings is 1. The number of carbonyl (C=O) groups is 3. The molecule has 8 heteroatoms. The zero-order chi connectivity index (χ0) is 28.4. The number of amides is 2. The quantitative estimate of drug-likeness (QED) is 0.170. The Morgan fingerprint density at radius 1 is 0.805 bits per heavy atom. The smallest absolute Gasteiger partial charge is 0.266 e. The zero-order valence-corrected chi connectivity index (χ0v) is 23.2. The first-order valence-corrected chi connectivity index (χ1v) is 14.0. The Morgan fingerprint density at radius 2 is 1.41 bits per heavy atom. The molecule has 0 radical (unpaired) electrons. The lowest BCUT2D eigenvalue weighted by atomic mass is 9.88. The summed E-state index contributed by atoms with van der Waals surface area (Å²) in [6, 6.07) is 27.5. The maximum absolute atomic E-state index is 14.4. The van der Waals surface area contributed by atoms with Gasteiger partial charge in [-0.15, -0.1) is 11.3 Å². The summed E-state index contributed by atoms with van der Waals surface area (Å²) in [5.41, 5.74) is 11.3. The highest BCUT2D eigenvalue weighted by molar-refractivity contribution is 7.21. The number of carbonyl (C=O) groups excluding carboxylic acids is 3. The second-order valence-electron chi connectivity index (χ2n) is 9.79. The Balaban J connectivity index is 1.67. The maximum Gasteiger partial charge on any atom is 0.266 e. The molecule has 3 heterocycles. The van der Waals surface area contributed by atoms with E-state index in [0.717, 1.165) is 11.1 Å². The van der Waals surface area contributed by atoms with Gasteiger partial charge in [0, 0.05) is 28.3 Å². The number of nitrogens with two attached hydrogens (primary N) is 1. The number of nitrogens with zero attached hydrogens (tertiary/aromatic N) is 2. The molecule has 0 unspecified atom stereocenters. The Bertz CT molecular complexity index is 2070. The highest BCUT2D eigenvalue weighted by atomic mass is 35.5. The van der Waals surface area contributed by atoms with Gasteiger partial charge in [0.1, 0.15) is 4.83 Å². The summed E-state index contributed by atoms with van der Waals surface area (Å²) in [4.78, 5) is 48.2. The molecule has 41 heavy (non-hydrogen) atoms. The third-order valence-electron chi connectivity index (χ3n) is 7.34. The fraction of sp³-hybridized carbons (Fsp3) is 0.0303. The fourth-order valence-corrected chi connectivity index (χ4v) is 6.71. The number of hydrogen-bond acceptors (Lipinski definition) is 6. The van der Waals surface area contributed by atoms with Crippen LogP contribution in [0.3, 0.4) is 0 Å². The summed E-state index contributed by atoms with van der Waals surface area (Å²) >= 11 is 7.35. The Morgan fingerprint density at radius 3 is 2.05 bits per heavy atom. The van der Waals surface area contributed by atoms with Crippen LogP contribution in [0.2, 0.25) is 5.02 Å². The lowest BCUT2D eigenvalue weighted by Crippen LogP contribution is -2.29. The molecule has 0 spiro atoms. The van der Waals surface area contributed by atoms with Crippen LogP contribution in [-0.2, 0) is 0 Å². The molecule has 0 fully saturated rings. The van der Waals surface area contributed by atoms with E-state index in [4.69, 9.17) is 22.3 Å². The first-order valence-electron chi connectivity index (χ1n) is 12.8. The molecule has 1 aliphatic rings. The first kappa shape index (κ1) is 25.1. The summed E-state index contributed by atoms with van der Waals surface area (Å²) in [6.07, 6.45) is 0. The Kier molecular flexibility index (Phi) is 5.74. The Labute approximate surface area is 243 Å². The van der Waals surface area contributed by atoms with E-state index in [1.54, 1.807) is 24.3 Å². The number of nitrogen functional groups attached to an aromatic ring is 1. The van der Waals surface area contributed by atoms with Crippen LogP contribution < -0.4 is 10.6 Å². The maximum atomic E-state index is 14.4. The van der Waals surface area contributed by atoms with Crippen molar-refractivity contribution in [3.8, 4) is 22.3 Å². The van der Waals surface area contributed by atoms with E-state index in [2.05, 4.69) is 0 Å². The van der Waals surface area contributed by atoms with E-state index >= 15 is 0 Å². The second kappa shape index (κ2) is 9.37. The van der Waals surface area contributed by atoms with Crippen LogP contribution >= 0.6 is 22.9 Å². The van der Waals surface area contributed by atoms with Crippen LogP contribution in [0.5, 0.6) is 0 Å². The minimum absolute atomic E-state index is 0.163. The van der Waals surface area contributed by atoms with Gasteiger partial charge in [0.15, 0.2) is 5.78 Å². The van der Waals surface area contributed by atoms with E-state index in [9.17, 15) is 14.4 Å². The average Bonchev–Trinajstić information content (AvgIpc) is 3.45. The highest BCUT2D eigenvalue weighted by Gasteiger charge is 2.42. The predicted octanol–water partition coefficient (Wildman–Crippen LogP) is 8.02. The molecular weight excluding hydrogens is 554 g/mol. The molecule has 0 aliphatic carbocycles. The van der Waals surface area contributed by atoms with Gasteiger partial charge in [-0.1, -0.05) is 72.3 Å². The normalized spacial score (nSPS) is 12.9. The van der Waals surface area contributed by atoms with Crippen molar-refractivity contribution in [2.45, 2.75) is 6.92 Å². The number of fused-ring (bicyclic) bond motifs is 4. The highest BCUT2D eigenvalue weighted by Crippen LogP contribution is 2.48. The Hall–Kier alpha value is -4.85. The number of Topliss-reactive ketones (excluding diaryl/α,β-unsaturated/α-hetero) is 1. The van der Waals surface area contributed by atoms with Crippen molar-refractivity contribution in [2.24, 2.45) is 0 Å². The number of ketones is 1. The monoisotopic (exact) mass is 573 g/mol. The summed E-state index contributed by atoms with van der Waals surface area (Å²) in [5, 5.41) is 1.61. The molecule has 2 N–H and O–H groups in total. The summed E-state index contributed by atoms with van der Waals surface area (Å²) < 4.78 is 0. The van der Waals surface area contributed by atoms with Gasteiger partial charge in [0.05, 0.1) is 32.9 Å². The number of hydrogen-bond donors (Lipinski definition) is 1. The van der Waals surface area contributed by atoms with Crippen molar-refractivity contribution in [1.82, 2.24) is 4.98 Å². The average molecular weight is 574 g/mol. The summed E-state index contributed by atoms with van der Waals surface area (Å²) in [7, 11) is 0. The van der Waals surface area contributed by atoms with Gasteiger partial charge in [-0.25, -0.2) is 9.88 Å². The zero-order valence-electron chi connectivity index (χ0n) is 21.6. The molecule has 6 aromatic rings. The fourth-order valence-electron chi connectivity index (χ4n) is 5.57. The van der Waals surface area contributed by atoms with Gasteiger partial charge in [-0.2, -0.15) is 0 Å². The van der Waals surface area contributed by atoms with Gasteiger partial charge in [0.2, 0.25) is 0 Å². The lowest BCUT2D eigenvalue weighted by Gasteiger charge is -2.15. The van der Waals surface area contributed by atoms with Crippen LogP contribution in [0.1, 0.15) is 37.3 Å². The number of thiophene rings is 1. The van der Waals surface area contributed by atoms with Gasteiger partial charge in [-0.05, 0) is 47.0 Å². The number of anilines is 2. The van der Waals surface area contributed by atoms with Crippen molar-refractivity contribution >= 4 is 73.0 Å². The third-order valence-corrected chi connectivity index (χ3v) is 8.79. The molecule has 198 valence electrons. The van der Waals surface area contributed by atoms with Gasteiger partial charge in [0.25, 0.3) is 11.8 Å². The number of aromatic nitrogens is 1. The largest absolute Gasteiger partial charge is 0.397 e. The van der Waals surface area contributed by atoms with Crippen molar-refractivity contribution in [1.29, 1.82) is 0 Å². The van der Waals surface area contributed by atoms with Crippen LogP contribution in [0.4, 0.5) is 11.4 Å². The van der Waals surface area contributed by atoms with Crippen molar-refractivity contribution in [3.63, 3.8) is 0 Å². The molecule has 7 rings (SSSR count). The molecule has 0 bridgehead atoms. The summed E-state index contributed by atoms with van der Waals surface area (Å²) in [6.45, 7) is 1.47. The number of imide groups is 1. The van der Waals surface area contributed by atoms with Crippen molar-refractivity contribution in [2.75, 3.05) is 10.6 Å². The van der Waals surface area contributed by atoms with Gasteiger partial charge in [-0.3, -0.25) is 14.4 Å². The van der Waals surface area contributed by atoms with Crippen molar-refractivity contribution in [3.05, 3.63) is 112 Å². The van der Waals surface area contributed by atoms with Crippen LogP contribution in [0.25, 0.3) is 43.4 Å². The summed E-state index contributed by atoms with van der Waals surface area (Å²) in [5.74, 6) is -1.06. The topological polar surface area (TPSA) is 93.4 Å². The number of benzene rings is 4. The molecule has 6 nitrogen and oxygen atoms in total. The van der Waals surface area contributed by atoms with E-state index < -0.39 is 11.8 Å². The first-order chi connectivity index (χ1) is 19.8. The SMILES string of the molecule is CC(=O)c1sc2nc3cc(-c4ccccc4)c4c(c3c(-c3ccccc3)c2c1N)C(=O)N(c1ccc(Cl)cc1)C4=O. The molecule has 0 saturated heterocycles. The standard InChI is InChI=1S/C33H20ClN3O3S/c1-17(38)30-29(35)28-24(19-10-6-3-7-11-19)26-23(36-31(28)41-30)16-22(18-8-4-2-5-9-18)25-27(26)33(40)37(32(25)39)21-14-12-20(34)13-15-21/h2-16H,35H2,1H3. The molecule has 2 aromatic heterocycles. The molecular formula is C33H20ClN3O3S. The van der Waals surface area contributed by atoms with Gasteiger partial charge >= 0.3 is 0 Å². The van der Waals surface area contributed by atoms with E-state index in [-0.39, 0.29) is 11.3 Å². The predicted molar refractivity (Wildman–Crippen MR) is 165 cm³/mol. The van der Waals surface area contributed by atoms with E-state index in [1.807, 2.05) is 66.7 Å². The minimum Gasteiger partial charge on any atom is -0.397 e. The molecule has 0 saturated carbocycles. The number of rotatable bonds is 4. The second-order valence-corrected chi connectivity index (χ2v) is 11.2. The van der Waals surface area contributed by atoms with E-state index in [1.165, 1.54) is 23.2 Å². The lowest BCUT2D eigenvalue weighted by molar-refractivity contribution is 0.0925. The minimum atomic E-state index is -0.464. The number of halogens is 1. The molecule has 0 atom stereocenters. The molecule has 4 aromatic carbocycles. The molecule has 2 amide bonds. The van der Waals surface area contributed by atoms with E-state index in [0.29, 0.717) is 59.1 Å². The van der Waals surface area contributed by atoms with Crippen molar-refractivity contribution < 1.29 is 14.4 Å². The van der Waals surface area contributed by atoms with Crippen LogP contribution in [0.15, 0.2) is 91.0 Å². The third kappa shape index (κ3) is 3.78. The van der Waals surface area contributed by atoms with Crippen LogP contribution in [0, 0.1) is 0 Å². The van der Waals surface area contributed by atoms with Gasteiger partial charge < -0.3 is 5.73 Å².